The van der Waals surface area contributed by atoms with Crippen molar-refractivity contribution < 1.29 is 19.1 Å². The summed E-state index contributed by atoms with van der Waals surface area (Å²) in [7, 11) is 0. The number of carbonyl (C=O) groups is 2. The smallest absolute Gasteiger partial charge is 0.407 e. The van der Waals surface area contributed by atoms with E-state index in [1.807, 2.05) is 69.3 Å². The quantitative estimate of drug-likeness (QED) is 0.0476. The highest BCUT2D eigenvalue weighted by Crippen LogP contribution is 2.47. The van der Waals surface area contributed by atoms with Gasteiger partial charge in [-0.05, 0) is 36.4 Å². The van der Waals surface area contributed by atoms with Gasteiger partial charge in [0.15, 0.2) is 0 Å². The lowest BCUT2D eigenvalue weighted by molar-refractivity contribution is -0.137. The van der Waals surface area contributed by atoms with Crippen LogP contribution in [0.5, 0.6) is 0 Å². The predicted octanol–water partition coefficient (Wildman–Crippen LogP) is 13.9. The number of thioether (sulfide) groups is 3. The minimum absolute atomic E-state index is 0.0319. The molecule has 3 aromatic heterocycles. The molecule has 0 atom stereocenters. The van der Waals surface area contributed by atoms with E-state index in [-0.39, 0.29) is 19.8 Å². The number of rotatable bonds is 15. The first kappa shape index (κ1) is 39.0. The topological polar surface area (TPSA) is 64.6 Å². The van der Waals surface area contributed by atoms with E-state index in [1.54, 1.807) is 0 Å². The lowest BCUT2D eigenvalue weighted by Crippen LogP contribution is -2.39. The lowest BCUT2D eigenvalue weighted by Gasteiger charge is -2.33. The van der Waals surface area contributed by atoms with Gasteiger partial charge in [-0.2, -0.15) is 0 Å². The van der Waals surface area contributed by atoms with Gasteiger partial charge in [0.25, 0.3) is 0 Å². The molecule has 0 aliphatic heterocycles. The van der Waals surface area contributed by atoms with E-state index in [9.17, 15) is 9.59 Å². The van der Waals surface area contributed by atoms with E-state index in [2.05, 4.69) is 139 Å². The molecule has 290 valence electrons. The summed E-state index contributed by atoms with van der Waals surface area (Å²) in [5.41, 5.74) is -0.469. The van der Waals surface area contributed by atoms with Crippen LogP contribution < -0.4 is 5.32 Å². The Kier molecular flexibility index (Phi) is 11.7. The lowest BCUT2D eigenvalue weighted by atomic mass is 9.97. The van der Waals surface area contributed by atoms with Crippen molar-refractivity contribution in [2.45, 2.75) is 14.7 Å². The van der Waals surface area contributed by atoms with Gasteiger partial charge in [0.05, 0.1) is 6.54 Å². The summed E-state index contributed by atoms with van der Waals surface area (Å²) in [5, 5.41) is 10.4. The molecule has 0 aliphatic rings. The summed E-state index contributed by atoms with van der Waals surface area (Å²) in [6, 6.07) is 45.6. The average molecular weight is 872 g/mol. The number of esters is 1. The molecule has 11 heteroatoms. The molecule has 0 radical (unpaired) electrons. The minimum Gasteiger partial charge on any atom is -0.461 e. The van der Waals surface area contributed by atoms with Gasteiger partial charge in [0.1, 0.15) is 13.2 Å². The third kappa shape index (κ3) is 8.08. The van der Waals surface area contributed by atoms with Gasteiger partial charge in [-0.15, -0.1) is 69.3 Å². The van der Waals surface area contributed by atoms with Crippen LogP contribution in [0.3, 0.4) is 0 Å². The zero-order valence-electron chi connectivity index (χ0n) is 31.2. The van der Waals surface area contributed by atoms with Crippen molar-refractivity contribution in [1.29, 1.82) is 0 Å². The first-order valence-electron chi connectivity index (χ1n) is 18.8. The maximum Gasteiger partial charge on any atom is 0.407 e. The highest BCUT2D eigenvalue weighted by Gasteiger charge is 2.34. The standard InChI is InChI=1S/C47H37NO4S6/c1-2-42(49)51-25-24-48-46(50)52-26-47(27-53-39-21-9-15-33-30-12-3-6-18-36(30)56-43(33)39,28-54-40-22-10-16-34-31-13-4-7-19-37(31)57-44(34)40)29-55-41-23-11-17-35-32-14-5-8-20-38(32)58-45(35)41/h2-23H,1,24-29H2,(H,48,50). The van der Waals surface area contributed by atoms with Crippen LogP contribution in [0, 0.1) is 5.41 Å². The van der Waals surface area contributed by atoms with E-state index in [4.69, 9.17) is 9.47 Å². The second-order valence-electron chi connectivity index (χ2n) is 13.9. The Hall–Kier alpha value is -4.49. The summed E-state index contributed by atoms with van der Waals surface area (Å²) in [4.78, 5) is 28.6. The second-order valence-corrected chi connectivity index (χ2v) is 20.1. The van der Waals surface area contributed by atoms with Crippen LogP contribution in [0.25, 0.3) is 60.5 Å². The molecule has 0 spiro atoms. The Bertz CT molecular complexity index is 2680. The molecule has 0 saturated heterocycles. The van der Waals surface area contributed by atoms with Crippen molar-refractivity contribution in [2.75, 3.05) is 37.0 Å². The van der Waals surface area contributed by atoms with Gasteiger partial charge in [0.2, 0.25) is 0 Å². The van der Waals surface area contributed by atoms with Gasteiger partial charge in [-0.25, -0.2) is 9.59 Å². The molecule has 0 bridgehead atoms. The third-order valence-corrected chi connectivity index (χ3v) is 18.3. The molecule has 0 unspecified atom stereocenters. The van der Waals surface area contributed by atoms with Crippen LogP contribution in [0.15, 0.2) is 155 Å². The molecular weight excluding hydrogens is 835 g/mol. The molecule has 5 nitrogen and oxygen atoms in total. The van der Waals surface area contributed by atoms with Gasteiger partial charge < -0.3 is 14.8 Å². The fourth-order valence-electron chi connectivity index (χ4n) is 7.08. The maximum absolute atomic E-state index is 13.3. The predicted molar refractivity (Wildman–Crippen MR) is 253 cm³/mol. The fraction of sp³-hybridized carbons (Fsp3) is 0.149. The Morgan fingerprint density at radius 1 is 0.552 bits per heavy atom. The SMILES string of the molecule is C=CC(=O)OCCNC(=O)OCC(CSc1cccc2c1sc1ccccc12)(CSc1cccc2c1sc1ccccc12)CSc1cccc2c1sc1ccccc12. The number of nitrogens with one attached hydrogen (secondary N) is 1. The number of ether oxygens (including phenoxy) is 2. The Morgan fingerprint density at radius 2 is 0.948 bits per heavy atom. The molecule has 1 N–H and O–H groups in total. The Balaban J connectivity index is 1.07. The van der Waals surface area contributed by atoms with Crippen molar-refractivity contribution in [3.8, 4) is 0 Å². The highest BCUT2D eigenvalue weighted by molar-refractivity contribution is 8.01. The number of amides is 1. The molecular formula is C47H37NO4S6. The van der Waals surface area contributed by atoms with Crippen molar-refractivity contribution >= 4 is 142 Å². The number of hydrogen-bond donors (Lipinski definition) is 1. The van der Waals surface area contributed by atoms with Gasteiger partial charge in [-0.3, -0.25) is 0 Å². The van der Waals surface area contributed by atoms with E-state index in [0.29, 0.717) is 0 Å². The fourth-order valence-corrected chi connectivity index (χ4v) is 15.2. The maximum atomic E-state index is 13.3. The van der Waals surface area contributed by atoms with Gasteiger partial charge in [0, 0.05) is 104 Å². The van der Waals surface area contributed by atoms with Crippen LogP contribution in [0.1, 0.15) is 0 Å². The van der Waals surface area contributed by atoms with E-state index < -0.39 is 17.5 Å². The number of fused-ring (bicyclic) bond motifs is 9. The molecule has 0 saturated carbocycles. The summed E-state index contributed by atoms with van der Waals surface area (Å²) in [6.07, 6.45) is 0.571. The van der Waals surface area contributed by atoms with Gasteiger partial charge in [-0.1, -0.05) is 97.6 Å². The van der Waals surface area contributed by atoms with E-state index >= 15 is 0 Å². The van der Waals surface area contributed by atoms with Crippen LogP contribution in [-0.4, -0.2) is 49.1 Å². The van der Waals surface area contributed by atoms with E-state index in [0.717, 1.165) is 23.3 Å². The number of benzene rings is 6. The van der Waals surface area contributed by atoms with Crippen LogP contribution in [0.4, 0.5) is 4.79 Å². The normalized spacial score (nSPS) is 11.9. The molecule has 9 aromatic rings. The molecule has 0 aliphatic carbocycles. The van der Waals surface area contributed by atoms with Crippen molar-refractivity contribution in [2.24, 2.45) is 5.41 Å². The zero-order valence-corrected chi connectivity index (χ0v) is 36.1. The first-order chi connectivity index (χ1) is 28.5. The highest BCUT2D eigenvalue weighted by atomic mass is 32.2. The van der Waals surface area contributed by atoms with Crippen molar-refractivity contribution in [1.82, 2.24) is 5.32 Å². The minimum atomic E-state index is -0.538. The first-order valence-corrected chi connectivity index (χ1v) is 24.2. The summed E-state index contributed by atoms with van der Waals surface area (Å²) >= 11 is 11.0. The largest absolute Gasteiger partial charge is 0.461 e. The summed E-state index contributed by atoms with van der Waals surface area (Å²) in [5.74, 6) is 1.62. The number of carbonyl (C=O) groups excluding carboxylic acids is 2. The molecule has 9 rings (SSSR count). The molecule has 3 heterocycles. The Morgan fingerprint density at radius 3 is 1.36 bits per heavy atom. The van der Waals surface area contributed by atoms with Gasteiger partial charge >= 0.3 is 12.1 Å². The van der Waals surface area contributed by atoms with Crippen LogP contribution in [-0.2, 0) is 14.3 Å². The molecule has 58 heavy (non-hydrogen) atoms. The number of alkyl carbamates (subject to hydrolysis) is 1. The molecule has 0 fully saturated rings. The third-order valence-electron chi connectivity index (χ3n) is 10.00. The molecule has 1 amide bonds. The average Bonchev–Trinajstić information content (AvgIpc) is 3.97. The number of thiophene rings is 3. The van der Waals surface area contributed by atoms with Crippen LogP contribution in [0.2, 0.25) is 0 Å². The summed E-state index contributed by atoms with van der Waals surface area (Å²) in [6.45, 7) is 3.81. The monoisotopic (exact) mass is 871 g/mol. The summed E-state index contributed by atoms with van der Waals surface area (Å²) < 4.78 is 18.9. The molecule has 6 aromatic carbocycles. The van der Waals surface area contributed by atoms with Crippen molar-refractivity contribution in [3.63, 3.8) is 0 Å². The van der Waals surface area contributed by atoms with E-state index in [1.165, 1.54) is 75.2 Å². The zero-order chi connectivity index (χ0) is 39.5. The number of hydrogen-bond acceptors (Lipinski definition) is 10. The second kappa shape index (κ2) is 17.4. The van der Waals surface area contributed by atoms with Crippen molar-refractivity contribution in [3.05, 3.63) is 140 Å². The van der Waals surface area contributed by atoms with Crippen LogP contribution >= 0.6 is 69.3 Å². The Labute approximate surface area is 360 Å².